The number of nitrogens with zero attached hydrogens (tertiary/aromatic N) is 1. The first-order chi connectivity index (χ1) is 10.4. The quantitative estimate of drug-likeness (QED) is 0.726. The summed E-state index contributed by atoms with van der Waals surface area (Å²) in [6.45, 7) is 7.92. The first kappa shape index (κ1) is 18.2. The van der Waals surface area contributed by atoms with Crippen LogP contribution in [0.1, 0.15) is 55.1 Å². The molecule has 0 bridgehead atoms. The van der Waals surface area contributed by atoms with E-state index in [-0.39, 0.29) is 18.5 Å². The molecule has 0 atom stereocenters. The SMILES string of the molecule is CCCCc1cc(C)cc(C(=O)N(CC(=O)OC)C(C)C)c1. The average Bonchev–Trinajstić information content (AvgIpc) is 2.48. The number of aryl methyl sites for hydroxylation is 2. The van der Waals surface area contributed by atoms with Gasteiger partial charge in [0.25, 0.3) is 5.91 Å². The molecule has 0 saturated carbocycles. The number of unbranched alkanes of at least 4 members (excludes halogenated alkanes) is 1. The smallest absolute Gasteiger partial charge is 0.325 e. The van der Waals surface area contributed by atoms with E-state index in [1.807, 2.05) is 32.9 Å². The van der Waals surface area contributed by atoms with Gasteiger partial charge < -0.3 is 9.64 Å². The van der Waals surface area contributed by atoms with Crippen LogP contribution in [0.3, 0.4) is 0 Å². The molecule has 1 aromatic rings. The number of esters is 1. The van der Waals surface area contributed by atoms with Crippen molar-refractivity contribution >= 4 is 11.9 Å². The molecule has 0 saturated heterocycles. The molecular weight excluding hydrogens is 278 g/mol. The summed E-state index contributed by atoms with van der Waals surface area (Å²) in [6.07, 6.45) is 3.20. The normalized spacial score (nSPS) is 10.6. The lowest BCUT2D eigenvalue weighted by atomic mass is 10.0. The Hall–Kier alpha value is -1.84. The van der Waals surface area contributed by atoms with Gasteiger partial charge in [-0.2, -0.15) is 0 Å². The van der Waals surface area contributed by atoms with Gasteiger partial charge in [0, 0.05) is 11.6 Å². The minimum Gasteiger partial charge on any atom is -0.468 e. The highest BCUT2D eigenvalue weighted by Gasteiger charge is 2.22. The van der Waals surface area contributed by atoms with Crippen molar-refractivity contribution in [1.29, 1.82) is 0 Å². The van der Waals surface area contributed by atoms with Gasteiger partial charge >= 0.3 is 5.97 Å². The largest absolute Gasteiger partial charge is 0.468 e. The Morgan fingerprint density at radius 1 is 1.23 bits per heavy atom. The number of carbonyl (C=O) groups is 2. The highest BCUT2D eigenvalue weighted by molar-refractivity contribution is 5.96. The predicted octanol–water partition coefficient (Wildman–Crippen LogP) is 3.36. The average molecular weight is 305 g/mol. The van der Waals surface area contributed by atoms with Gasteiger partial charge in [-0.05, 0) is 51.3 Å². The van der Waals surface area contributed by atoms with Crippen molar-refractivity contribution in [3.05, 3.63) is 34.9 Å². The van der Waals surface area contributed by atoms with Crippen LogP contribution in [0.25, 0.3) is 0 Å². The van der Waals surface area contributed by atoms with Crippen LogP contribution in [-0.2, 0) is 16.0 Å². The van der Waals surface area contributed by atoms with E-state index in [9.17, 15) is 9.59 Å². The third kappa shape index (κ3) is 5.17. The second kappa shape index (κ2) is 8.57. The summed E-state index contributed by atoms with van der Waals surface area (Å²) in [5.41, 5.74) is 2.88. The summed E-state index contributed by atoms with van der Waals surface area (Å²) < 4.78 is 4.68. The number of benzene rings is 1. The lowest BCUT2D eigenvalue weighted by Gasteiger charge is -2.26. The Morgan fingerprint density at radius 2 is 1.91 bits per heavy atom. The van der Waals surface area contributed by atoms with E-state index in [0.29, 0.717) is 5.56 Å². The van der Waals surface area contributed by atoms with Crippen LogP contribution in [0, 0.1) is 6.92 Å². The van der Waals surface area contributed by atoms with E-state index < -0.39 is 5.97 Å². The fourth-order valence-electron chi connectivity index (χ4n) is 2.37. The molecule has 1 aromatic carbocycles. The van der Waals surface area contributed by atoms with Crippen LogP contribution in [0.15, 0.2) is 18.2 Å². The zero-order chi connectivity index (χ0) is 16.7. The summed E-state index contributed by atoms with van der Waals surface area (Å²) in [7, 11) is 1.33. The molecule has 0 heterocycles. The van der Waals surface area contributed by atoms with E-state index in [1.54, 1.807) is 4.90 Å². The summed E-state index contributed by atoms with van der Waals surface area (Å²) in [5, 5.41) is 0. The molecule has 4 nitrogen and oxygen atoms in total. The van der Waals surface area contributed by atoms with Crippen molar-refractivity contribution in [2.75, 3.05) is 13.7 Å². The Bertz CT molecular complexity index is 523. The number of methoxy groups -OCH3 is 1. The van der Waals surface area contributed by atoms with E-state index in [0.717, 1.165) is 24.8 Å². The molecule has 22 heavy (non-hydrogen) atoms. The number of amides is 1. The lowest BCUT2D eigenvalue weighted by Crippen LogP contribution is -2.41. The topological polar surface area (TPSA) is 46.6 Å². The van der Waals surface area contributed by atoms with Crippen molar-refractivity contribution in [2.24, 2.45) is 0 Å². The number of ether oxygens (including phenoxy) is 1. The minimum absolute atomic E-state index is 0.0226. The van der Waals surface area contributed by atoms with E-state index in [2.05, 4.69) is 17.7 Å². The van der Waals surface area contributed by atoms with Crippen LogP contribution in [0.2, 0.25) is 0 Å². The fourth-order valence-corrected chi connectivity index (χ4v) is 2.37. The Kier molecular flexibility index (Phi) is 7.09. The molecule has 0 unspecified atom stereocenters. The third-order valence-electron chi connectivity index (χ3n) is 3.61. The molecule has 0 N–H and O–H groups in total. The minimum atomic E-state index is -0.402. The first-order valence-corrected chi connectivity index (χ1v) is 7.87. The number of hydrogen-bond donors (Lipinski definition) is 0. The summed E-state index contributed by atoms with van der Waals surface area (Å²) >= 11 is 0. The molecule has 0 fully saturated rings. The third-order valence-corrected chi connectivity index (χ3v) is 3.61. The number of carbonyl (C=O) groups excluding carboxylic acids is 2. The van der Waals surface area contributed by atoms with E-state index in [4.69, 9.17) is 0 Å². The van der Waals surface area contributed by atoms with Gasteiger partial charge in [0.15, 0.2) is 0 Å². The molecule has 1 amide bonds. The van der Waals surface area contributed by atoms with Crippen molar-refractivity contribution in [1.82, 2.24) is 4.90 Å². The lowest BCUT2D eigenvalue weighted by molar-refractivity contribution is -0.141. The summed E-state index contributed by atoms with van der Waals surface area (Å²) in [6, 6.07) is 5.88. The van der Waals surface area contributed by atoms with Gasteiger partial charge in [0.05, 0.1) is 7.11 Å². The maximum absolute atomic E-state index is 12.7. The Morgan fingerprint density at radius 3 is 2.45 bits per heavy atom. The zero-order valence-corrected chi connectivity index (χ0v) is 14.3. The van der Waals surface area contributed by atoms with Crippen LogP contribution < -0.4 is 0 Å². The summed E-state index contributed by atoms with van der Waals surface area (Å²) in [5.74, 6) is -0.525. The highest BCUT2D eigenvalue weighted by atomic mass is 16.5. The Balaban J connectivity index is 3.02. The van der Waals surface area contributed by atoms with Gasteiger partial charge in [0.1, 0.15) is 6.54 Å². The van der Waals surface area contributed by atoms with Crippen molar-refractivity contribution in [2.45, 2.75) is 53.0 Å². The number of hydrogen-bond acceptors (Lipinski definition) is 3. The van der Waals surface area contributed by atoms with Crippen molar-refractivity contribution in [3.63, 3.8) is 0 Å². The molecular formula is C18H27NO3. The van der Waals surface area contributed by atoms with Crippen molar-refractivity contribution < 1.29 is 14.3 Å². The van der Waals surface area contributed by atoms with Gasteiger partial charge in [-0.3, -0.25) is 9.59 Å². The first-order valence-electron chi connectivity index (χ1n) is 7.87. The molecule has 0 spiro atoms. The van der Waals surface area contributed by atoms with Gasteiger partial charge in [-0.1, -0.05) is 25.0 Å². The molecule has 0 aromatic heterocycles. The molecule has 1 rings (SSSR count). The molecule has 0 aliphatic rings. The van der Waals surface area contributed by atoms with Gasteiger partial charge in [-0.15, -0.1) is 0 Å². The second-order valence-corrected chi connectivity index (χ2v) is 5.91. The van der Waals surface area contributed by atoms with E-state index >= 15 is 0 Å². The van der Waals surface area contributed by atoms with Crippen LogP contribution >= 0.6 is 0 Å². The molecule has 0 aliphatic carbocycles. The number of rotatable bonds is 7. The second-order valence-electron chi connectivity index (χ2n) is 5.91. The molecule has 122 valence electrons. The Labute approximate surface area is 133 Å². The summed E-state index contributed by atoms with van der Waals surface area (Å²) in [4.78, 5) is 25.8. The zero-order valence-electron chi connectivity index (χ0n) is 14.3. The van der Waals surface area contributed by atoms with Crippen LogP contribution in [0.5, 0.6) is 0 Å². The van der Waals surface area contributed by atoms with Crippen LogP contribution in [-0.4, -0.2) is 36.5 Å². The maximum atomic E-state index is 12.7. The molecule has 0 aliphatic heterocycles. The van der Waals surface area contributed by atoms with Gasteiger partial charge in [0.2, 0.25) is 0 Å². The fraction of sp³-hybridized carbons (Fsp3) is 0.556. The maximum Gasteiger partial charge on any atom is 0.325 e. The predicted molar refractivity (Wildman–Crippen MR) is 88.0 cm³/mol. The molecule has 4 heteroatoms. The highest BCUT2D eigenvalue weighted by Crippen LogP contribution is 2.16. The standard InChI is InChI=1S/C18H27NO3/c1-6-7-8-15-9-14(4)10-16(11-15)18(21)19(13(2)3)12-17(20)22-5/h9-11,13H,6-8,12H2,1-5H3. The monoisotopic (exact) mass is 305 g/mol. The van der Waals surface area contributed by atoms with E-state index in [1.165, 1.54) is 12.7 Å². The molecule has 0 radical (unpaired) electrons. The van der Waals surface area contributed by atoms with Gasteiger partial charge in [-0.25, -0.2) is 0 Å². The van der Waals surface area contributed by atoms with Crippen molar-refractivity contribution in [3.8, 4) is 0 Å². The van der Waals surface area contributed by atoms with Crippen LogP contribution in [0.4, 0.5) is 0 Å².